The average Bonchev–Trinajstić information content (AvgIpc) is 2.48. The van der Waals surface area contributed by atoms with Crippen molar-refractivity contribution in [1.29, 1.82) is 0 Å². The fraction of sp³-hybridized carbons (Fsp3) is 0.571. The molecule has 2 N–H and O–H groups in total. The summed E-state index contributed by atoms with van der Waals surface area (Å²) in [5, 5.41) is 11.2. The normalized spacial score (nSPS) is 22.1. The Hall–Kier alpha value is -1.21. The predicted molar refractivity (Wildman–Crippen MR) is 84.0 cm³/mol. The van der Waals surface area contributed by atoms with Gasteiger partial charge in [0.1, 0.15) is 11.5 Å². The number of nitro benzene ring substituents is 1. The second kappa shape index (κ2) is 6.70. The van der Waals surface area contributed by atoms with Crippen LogP contribution in [0.3, 0.4) is 0 Å². The number of benzene rings is 1. The number of anilines is 1. The Kier molecular flexibility index (Phi) is 5.16. The summed E-state index contributed by atoms with van der Waals surface area (Å²) in [5.41, 5.74) is 6.04. The molecule has 116 valence electrons. The molecular weight excluding hydrogens is 341 g/mol. The second-order valence-corrected chi connectivity index (χ2v) is 6.32. The molecule has 0 radical (unpaired) electrons. The number of hydrogen-bond acceptors (Lipinski definition) is 4. The smallest absolute Gasteiger partial charge is 0.293 e. The summed E-state index contributed by atoms with van der Waals surface area (Å²) in [6.45, 7) is 0.543. The molecule has 1 saturated carbocycles. The van der Waals surface area contributed by atoms with Crippen molar-refractivity contribution < 1.29 is 9.31 Å². The Labute approximate surface area is 131 Å². The van der Waals surface area contributed by atoms with Crippen LogP contribution in [-0.2, 0) is 0 Å². The summed E-state index contributed by atoms with van der Waals surface area (Å²) in [7, 11) is 1.79. The van der Waals surface area contributed by atoms with Gasteiger partial charge in [-0.3, -0.25) is 10.1 Å². The third-order valence-corrected chi connectivity index (χ3v) is 4.87. The minimum Gasteiger partial charge on any atom is -0.366 e. The van der Waals surface area contributed by atoms with Crippen molar-refractivity contribution in [2.24, 2.45) is 11.7 Å². The summed E-state index contributed by atoms with van der Waals surface area (Å²) in [6.07, 6.45) is 4.13. The van der Waals surface area contributed by atoms with E-state index < -0.39 is 10.7 Å². The second-order valence-electron chi connectivity index (χ2n) is 5.47. The van der Waals surface area contributed by atoms with E-state index >= 15 is 0 Å². The van der Waals surface area contributed by atoms with Gasteiger partial charge in [0.25, 0.3) is 5.69 Å². The zero-order valence-corrected chi connectivity index (χ0v) is 13.5. The quantitative estimate of drug-likeness (QED) is 0.659. The Morgan fingerprint density at radius 3 is 2.76 bits per heavy atom. The van der Waals surface area contributed by atoms with E-state index in [1.54, 1.807) is 7.05 Å². The zero-order valence-electron chi connectivity index (χ0n) is 11.9. The van der Waals surface area contributed by atoms with Crippen LogP contribution in [-0.4, -0.2) is 24.6 Å². The Morgan fingerprint density at radius 2 is 2.14 bits per heavy atom. The zero-order chi connectivity index (χ0) is 15.6. The summed E-state index contributed by atoms with van der Waals surface area (Å²) >= 11 is 3.00. The molecule has 21 heavy (non-hydrogen) atoms. The molecule has 1 aliphatic rings. The topological polar surface area (TPSA) is 72.4 Å². The van der Waals surface area contributed by atoms with Crippen LogP contribution >= 0.6 is 15.9 Å². The van der Waals surface area contributed by atoms with Crippen LogP contribution in [0.4, 0.5) is 15.8 Å². The van der Waals surface area contributed by atoms with Crippen LogP contribution in [0.15, 0.2) is 16.6 Å². The van der Waals surface area contributed by atoms with Crippen molar-refractivity contribution in [2.45, 2.75) is 31.7 Å². The van der Waals surface area contributed by atoms with E-state index in [1.165, 1.54) is 12.1 Å². The maximum Gasteiger partial charge on any atom is 0.293 e. The highest BCUT2D eigenvalue weighted by atomic mass is 79.9. The van der Waals surface area contributed by atoms with Crippen LogP contribution < -0.4 is 10.6 Å². The number of nitrogens with two attached hydrogens (primary N) is 1. The van der Waals surface area contributed by atoms with E-state index in [1.807, 2.05) is 4.90 Å². The number of hydrogen-bond donors (Lipinski definition) is 1. The molecule has 2 rings (SSSR count). The molecule has 1 fully saturated rings. The van der Waals surface area contributed by atoms with Crippen LogP contribution in [0.1, 0.15) is 25.7 Å². The fourth-order valence-electron chi connectivity index (χ4n) is 3.11. The summed E-state index contributed by atoms with van der Waals surface area (Å²) < 4.78 is 13.9. The van der Waals surface area contributed by atoms with Crippen LogP contribution in [0.2, 0.25) is 0 Å². The van der Waals surface area contributed by atoms with Crippen molar-refractivity contribution in [3.05, 3.63) is 32.5 Å². The largest absolute Gasteiger partial charge is 0.366 e. The van der Waals surface area contributed by atoms with E-state index in [9.17, 15) is 14.5 Å². The first kappa shape index (κ1) is 16.2. The van der Waals surface area contributed by atoms with Crippen molar-refractivity contribution in [2.75, 3.05) is 18.5 Å². The minimum atomic E-state index is -0.498. The Morgan fingerprint density at radius 1 is 1.48 bits per heavy atom. The molecule has 2 unspecified atom stereocenters. The van der Waals surface area contributed by atoms with E-state index in [2.05, 4.69) is 15.9 Å². The molecule has 0 amide bonds. The third kappa shape index (κ3) is 3.35. The van der Waals surface area contributed by atoms with Crippen molar-refractivity contribution in [3.8, 4) is 0 Å². The maximum absolute atomic E-state index is 13.8. The summed E-state index contributed by atoms with van der Waals surface area (Å²) in [6, 6.07) is 2.56. The number of nitro groups is 1. The van der Waals surface area contributed by atoms with Gasteiger partial charge in [0.05, 0.1) is 9.40 Å². The van der Waals surface area contributed by atoms with Crippen molar-refractivity contribution in [1.82, 2.24) is 0 Å². The van der Waals surface area contributed by atoms with E-state index in [0.29, 0.717) is 12.2 Å². The maximum atomic E-state index is 13.8. The SMILES string of the molecule is CN(c1cc(F)c(Br)cc1[N+](=O)[O-])C1CCCCC1CN. The minimum absolute atomic E-state index is 0.0906. The van der Waals surface area contributed by atoms with Gasteiger partial charge in [-0.2, -0.15) is 0 Å². The molecule has 0 aromatic heterocycles. The fourth-order valence-corrected chi connectivity index (χ4v) is 3.44. The molecule has 1 aromatic rings. The molecule has 2 atom stereocenters. The monoisotopic (exact) mass is 359 g/mol. The van der Waals surface area contributed by atoms with Gasteiger partial charge in [-0.15, -0.1) is 0 Å². The lowest BCUT2D eigenvalue weighted by Crippen LogP contribution is -2.43. The highest BCUT2D eigenvalue weighted by Gasteiger charge is 2.31. The molecule has 1 aliphatic carbocycles. The lowest BCUT2D eigenvalue weighted by molar-refractivity contribution is -0.384. The van der Waals surface area contributed by atoms with Gasteiger partial charge in [0.2, 0.25) is 0 Å². The average molecular weight is 360 g/mol. The van der Waals surface area contributed by atoms with Gasteiger partial charge in [-0.25, -0.2) is 4.39 Å². The first-order valence-corrected chi connectivity index (χ1v) is 7.81. The molecule has 0 spiro atoms. The van der Waals surface area contributed by atoms with Gasteiger partial charge >= 0.3 is 0 Å². The van der Waals surface area contributed by atoms with Crippen molar-refractivity contribution >= 4 is 27.3 Å². The van der Waals surface area contributed by atoms with Gasteiger partial charge < -0.3 is 10.6 Å². The van der Waals surface area contributed by atoms with Crippen molar-refractivity contribution in [3.63, 3.8) is 0 Å². The Balaban J connectivity index is 2.39. The molecule has 7 heteroatoms. The van der Waals surface area contributed by atoms with E-state index in [4.69, 9.17) is 5.73 Å². The lowest BCUT2D eigenvalue weighted by atomic mass is 9.83. The molecule has 0 heterocycles. The van der Waals surface area contributed by atoms with Gasteiger partial charge in [0, 0.05) is 25.2 Å². The number of nitrogens with zero attached hydrogens (tertiary/aromatic N) is 2. The molecule has 0 saturated heterocycles. The van der Waals surface area contributed by atoms with Crippen LogP contribution in [0.25, 0.3) is 0 Å². The lowest BCUT2D eigenvalue weighted by Gasteiger charge is -2.38. The molecular formula is C14H19BrFN3O2. The first-order valence-electron chi connectivity index (χ1n) is 7.02. The van der Waals surface area contributed by atoms with E-state index in [0.717, 1.165) is 25.7 Å². The summed E-state index contributed by atoms with van der Waals surface area (Å²) in [4.78, 5) is 12.6. The molecule has 0 aliphatic heterocycles. The predicted octanol–water partition coefficient (Wildman–Crippen LogP) is 3.45. The molecule has 1 aromatic carbocycles. The third-order valence-electron chi connectivity index (χ3n) is 4.26. The molecule has 5 nitrogen and oxygen atoms in total. The highest BCUT2D eigenvalue weighted by Crippen LogP contribution is 2.37. The van der Waals surface area contributed by atoms with Crippen LogP contribution in [0, 0.1) is 21.8 Å². The first-order chi connectivity index (χ1) is 9.95. The number of halogens is 2. The number of rotatable bonds is 4. The van der Waals surface area contributed by atoms with Gasteiger partial charge in [-0.1, -0.05) is 12.8 Å². The van der Waals surface area contributed by atoms with Crippen LogP contribution in [0.5, 0.6) is 0 Å². The van der Waals surface area contributed by atoms with Gasteiger partial charge in [0.15, 0.2) is 0 Å². The summed E-state index contributed by atoms with van der Waals surface area (Å²) in [5.74, 6) is -0.211. The van der Waals surface area contributed by atoms with E-state index in [-0.39, 0.29) is 22.1 Å². The van der Waals surface area contributed by atoms with Gasteiger partial charge in [-0.05, 0) is 41.2 Å². The standard InChI is InChI=1S/C14H19BrFN3O2/c1-18(12-5-3-2-4-9(12)8-17)13-7-11(16)10(15)6-14(13)19(20)21/h6-7,9,12H,2-5,8,17H2,1H3. The Bertz CT molecular complexity index is 541. The molecule has 0 bridgehead atoms. The highest BCUT2D eigenvalue weighted by molar-refractivity contribution is 9.10.